The number of aromatic amines is 2. The van der Waals surface area contributed by atoms with Gasteiger partial charge in [0, 0.05) is 13.0 Å². The number of carbonyl (C=O) groups is 1. The molecule has 0 aromatic carbocycles. The van der Waals surface area contributed by atoms with Gasteiger partial charge in [0.25, 0.3) is 5.91 Å². The normalized spacial score (nSPS) is 10.4. The van der Waals surface area contributed by atoms with Gasteiger partial charge in [0.15, 0.2) is 0 Å². The molecule has 0 fully saturated rings. The Hall–Kier alpha value is -2.25. The predicted molar refractivity (Wildman–Crippen MR) is 58.2 cm³/mol. The first kappa shape index (κ1) is 11.2. The summed E-state index contributed by atoms with van der Waals surface area (Å²) in [5.41, 5.74) is 0. The smallest absolute Gasteiger partial charge is 0.290 e. The average Bonchev–Trinajstić information content (AvgIpc) is 2.95. The molecular formula is C9H13N7O. The number of nitrogens with one attached hydrogen (secondary N) is 3. The van der Waals surface area contributed by atoms with E-state index in [0.717, 1.165) is 18.7 Å². The van der Waals surface area contributed by atoms with Gasteiger partial charge in [-0.1, -0.05) is 0 Å². The Kier molecular flexibility index (Phi) is 3.43. The van der Waals surface area contributed by atoms with Crippen LogP contribution in [0.3, 0.4) is 0 Å². The Bertz CT molecular complexity index is 475. The molecule has 2 aromatic heterocycles. The van der Waals surface area contributed by atoms with E-state index in [-0.39, 0.29) is 11.7 Å². The number of aromatic nitrogens is 6. The maximum atomic E-state index is 11.5. The van der Waals surface area contributed by atoms with E-state index in [0.29, 0.717) is 12.4 Å². The van der Waals surface area contributed by atoms with Gasteiger partial charge < -0.3 is 5.32 Å². The van der Waals surface area contributed by atoms with Crippen molar-refractivity contribution in [2.45, 2.75) is 19.8 Å². The number of hydrogen-bond acceptors (Lipinski definition) is 5. The predicted octanol–water partition coefficient (Wildman–Crippen LogP) is -0.406. The molecular weight excluding hydrogens is 222 g/mol. The summed E-state index contributed by atoms with van der Waals surface area (Å²) in [5.74, 6) is 1.33. The number of H-pyrrole nitrogens is 2. The van der Waals surface area contributed by atoms with Crippen LogP contribution in [0.25, 0.3) is 0 Å². The van der Waals surface area contributed by atoms with E-state index in [1.807, 2.05) is 0 Å². The third kappa shape index (κ3) is 3.10. The summed E-state index contributed by atoms with van der Waals surface area (Å²) >= 11 is 0. The molecule has 8 heteroatoms. The van der Waals surface area contributed by atoms with E-state index < -0.39 is 0 Å². The molecule has 2 aromatic rings. The molecule has 90 valence electrons. The average molecular weight is 235 g/mol. The largest absolute Gasteiger partial charge is 0.349 e. The van der Waals surface area contributed by atoms with Gasteiger partial charge in [-0.2, -0.15) is 5.10 Å². The fourth-order valence-corrected chi connectivity index (χ4v) is 1.33. The molecule has 2 rings (SSSR count). The summed E-state index contributed by atoms with van der Waals surface area (Å²) < 4.78 is 0. The van der Waals surface area contributed by atoms with Crippen LogP contribution in [0.1, 0.15) is 28.7 Å². The number of rotatable bonds is 5. The summed E-state index contributed by atoms with van der Waals surface area (Å²) in [4.78, 5) is 19.4. The fourth-order valence-electron chi connectivity index (χ4n) is 1.33. The number of nitrogens with zero attached hydrogens (tertiary/aromatic N) is 4. The van der Waals surface area contributed by atoms with Crippen molar-refractivity contribution in [3.63, 3.8) is 0 Å². The molecule has 0 atom stereocenters. The van der Waals surface area contributed by atoms with E-state index in [4.69, 9.17) is 0 Å². The minimum Gasteiger partial charge on any atom is -0.349 e. The van der Waals surface area contributed by atoms with Crippen LogP contribution in [0, 0.1) is 6.92 Å². The fraction of sp³-hybridized carbons (Fsp3) is 0.444. The first-order valence-corrected chi connectivity index (χ1v) is 5.27. The third-order valence-electron chi connectivity index (χ3n) is 2.14. The molecule has 0 aliphatic heterocycles. The molecule has 0 radical (unpaired) electrons. The minimum absolute atomic E-state index is 0.169. The van der Waals surface area contributed by atoms with E-state index in [2.05, 4.69) is 35.7 Å². The monoisotopic (exact) mass is 235 g/mol. The Morgan fingerprint density at radius 1 is 1.47 bits per heavy atom. The number of aryl methyl sites for hydroxylation is 2. The molecule has 0 spiro atoms. The minimum atomic E-state index is -0.271. The highest BCUT2D eigenvalue weighted by atomic mass is 16.2. The van der Waals surface area contributed by atoms with Crippen molar-refractivity contribution in [1.29, 1.82) is 0 Å². The lowest BCUT2D eigenvalue weighted by Crippen LogP contribution is -2.26. The second-order valence-corrected chi connectivity index (χ2v) is 3.54. The van der Waals surface area contributed by atoms with Crippen molar-refractivity contribution in [3.8, 4) is 0 Å². The summed E-state index contributed by atoms with van der Waals surface area (Å²) in [6.07, 6.45) is 2.99. The summed E-state index contributed by atoms with van der Waals surface area (Å²) in [6, 6.07) is 0. The van der Waals surface area contributed by atoms with Crippen LogP contribution in [-0.2, 0) is 6.42 Å². The molecule has 2 heterocycles. The van der Waals surface area contributed by atoms with Crippen molar-refractivity contribution in [3.05, 3.63) is 23.8 Å². The van der Waals surface area contributed by atoms with Gasteiger partial charge in [-0.15, -0.1) is 5.10 Å². The van der Waals surface area contributed by atoms with Gasteiger partial charge in [-0.25, -0.2) is 9.97 Å². The van der Waals surface area contributed by atoms with Crippen molar-refractivity contribution in [1.82, 2.24) is 35.7 Å². The molecule has 17 heavy (non-hydrogen) atoms. The lowest BCUT2D eigenvalue weighted by atomic mass is 10.3. The van der Waals surface area contributed by atoms with E-state index in [1.54, 1.807) is 6.92 Å². The van der Waals surface area contributed by atoms with Crippen LogP contribution in [0.4, 0.5) is 0 Å². The Balaban J connectivity index is 1.70. The number of hydrogen-bond donors (Lipinski definition) is 3. The van der Waals surface area contributed by atoms with Gasteiger partial charge in [0.1, 0.15) is 18.0 Å². The highest BCUT2D eigenvalue weighted by Gasteiger charge is 2.09. The molecule has 0 bridgehead atoms. The van der Waals surface area contributed by atoms with E-state index >= 15 is 0 Å². The molecule has 0 aliphatic carbocycles. The van der Waals surface area contributed by atoms with Crippen LogP contribution in [0.5, 0.6) is 0 Å². The zero-order valence-electron chi connectivity index (χ0n) is 9.40. The van der Waals surface area contributed by atoms with E-state index in [9.17, 15) is 4.79 Å². The second kappa shape index (κ2) is 5.19. The van der Waals surface area contributed by atoms with Crippen LogP contribution >= 0.6 is 0 Å². The second-order valence-electron chi connectivity index (χ2n) is 3.54. The first-order chi connectivity index (χ1) is 8.25. The van der Waals surface area contributed by atoms with Crippen LogP contribution in [0.2, 0.25) is 0 Å². The van der Waals surface area contributed by atoms with Crippen LogP contribution in [-0.4, -0.2) is 42.8 Å². The standard InChI is InChI=1S/C9H13N7O/c1-6-13-8(16-14-6)9(17)10-4-2-3-7-11-5-12-15-7/h5H,2-4H2,1H3,(H,10,17)(H,11,12,15)(H,13,14,16). The molecule has 3 N–H and O–H groups in total. The third-order valence-corrected chi connectivity index (χ3v) is 2.14. The zero-order chi connectivity index (χ0) is 12.1. The van der Waals surface area contributed by atoms with Crippen molar-refractivity contribution in [2.24, 2.45) is 0 Å². The summed E-state index contributed by atoms with van der Waals surface area (Å²) in [6.45, 7) is 2.29. The topological polar surface area (TPSA) is 112 Å². The lowest BCUT2D eigenvalue weighted by molar-refractivity contribution is 0.0943. The Morgan fingerprint density at radius 2 is 2.35 bits per heavy atom. The Labute approximate surface area is 97.3 Å². The maximum Gasteiger partial charge on any atom is 0.290 e. The Morgan fingerprint density at radius 3 is 3.00 bits per heavy atom. The summed E-state index contributed by atoms with van der Waals surface area (Å²) in [7, 11) is 0. The molecule has 0 unspecified atom stereocenters. The van der Waals surface area contributed by atoms with Gasteiger partial charge in [0.2, 0.25) is 5.82 Å². The number of amides is 1. The highest BCUT2D eigenvalue weighted by Crippen LogP contribution is 1.93. The maximum absolute atomic E-state index is 11.5. The van der Waals surface area contributed by atoms with Crippen molar-refractivity contribution >= 4 is 5.91 Å². The number of carbonyl (C=O) groups excluding carboxylic acids is 1. The SMILES string of the molecule is Cc1nc(C(=O)NCCCc2ncn[nH]2)n[nH]1. The van der Waals surface area contributed by atoms with Gasteiger partial charge >= 0.3 is 0 Å². The molecule has 1 amide bonds. The first-order valence-electron chi connectivity index (χ1n) is 5.27. The van der Waals surface area contributed by atoms with Crippen LogP contribution < -0.4 is 5.32 Å². The van der Waals surface area contributed by atoms with Gasteiger partial charge in [0.05, 0.1) is 0 Å². The van der Waals surface area contributed by atoms with Crippen LogP contribution in [0.15, 0.2) is 6.33 Å². The summed E-state index contributed by atoms with van der Waals surface area (Å²) in [5, 5.41) is 15.6. The molecule has 0 saturated carbocycles. The van der Waals surface area contributed by atoms with Crippen molar-refractivity contribution in [2.75, 3.05) is 6.54 Å². The molecule has 8 nitrogen and oxygen atoms in total. The zero-order valence-corrected chi connectivity index (χ0v) is 9.40. The molecule has 0 saturated heterocycles. The van der Waals surface area contributed by atoms with Gasteiger partial charge in [-0.05, 0) is 13.3 Å². The molecule has 0 aliphatic rings. The lowest BCUT2D eigenvalue weighted by Gasteiger charge is -2.00. The van der Waals surface area contributed by atoms with Crippen molar-refractivity contribution < 1.29 is 4.79 Å². The quantitative estimate of drug-likeness (QED) is 0.610. The van der Waals surface area contributed by atoms with E-state index in [1.165, 1.54) is 6.33 Å². The van der Waals surface area contributed by atoms with Gasteiger partial charge in [-0.3, -0.25) is 15.0 Å². The highest BCUT2D eigenvalue weighted by molar-refractivity contribution is 5.90.